The molecule has 0 aliphatic rings. The van der Waals surface area contributed by atoms with Crippen LogP contribution in [0.25, 0.3) is 0 Å². The molecule has 0 aliphatic carbocycles. The highest BCUT2D eigenvalue weighted by molar-refractivity contribution is 5.85. The third-order valence-electron chi connectivity index (χ3n) is 8.22. The van der Waals surface area contributed by atoms with Crippen molar-refractivity contribution in [1.82, 2.24) is 21.3 Å². The van der Waals surface area contributed by atoms with Gasteiger partial charge in [0.15, 0.2) is 5.78 Å². The smallest absolute Gasteiger partial charge is 0.290 e. The first-order valence-electron chi connectivity index (χ1n) is 24.5. The molecule has 0 radical (unpaired) electrons. The molecular weight excluding hydrogens is 823 g/mol. The van der Waals surface area contributed by atoms with Crippen molar-refractivity contribution in [3.05, 3.63) is 0 Å². The maximum atomic E-state index is 11.8. The highest BCUT2D eigenvalue weighted by Crippen LogP contribution is 2.12. The first-order valence-corrected chi connectivity index (χ1v) is 24.5. The zero-order chi connectivity index (χ0) is 50.2. The number of amides is 2. The minimum absolute atomic E-state index is 0.0413. The van der Waals surface area contributed by atoms with Gasteiger partial charge in [0, 0.05) is 38.4 Å². The van der Waals surface area contributed by atoms with E-state index in [1.54, 1.807) is 0 Å². The van der Waals surface area contributed by atoms with E-state index in [2.05, 4.69) is 28.2 Å². The maximum Gasteiger partial charge on any atom is 0.290 e. The number of unbranched alkanes of at least 4 members (excludes halogenated alkanes) is 11. The van der Waals surface area contributed by atoms with Gasteiger partial charge in [-0.3, -0.25) is 19.2 Å². The van der Waals surface area contributed by atoms with E-state index in [1.165, 1.54) is 57.8 Å². The van der Waals surface area contributed by atoms with E-state index in [9.17, 15) is 24.0 Å². The molecule has 7 N–H and O–H groups in total. The van der Waals surface area contributed by atoms with Crippen molar-refractivity contribution in [3.63, 3.8) is 0 Å². The minimum Gasteiger partial charge on any atom is -0.483 e. The molecular formula is C48H103N5O11. The third-order valence-corrected chi connectivity index (χ3v) is 8.22. The van der Waals surface area contributed by atoms with Crippen LogP contribution in [0.5, 0.6) is 0 Å². The standard InChI is InChI=1S/C24H46N2O5.C10H22N2O.C7H15NO3.3C2H6.CH2O2/c1-2-3-4-5-6-7-8-9-10-11-12-14-23(28)25-16-13-15-24(29)26-17-19-30-21-22-31-20-18-27;1-8(2)10(13)9(11)6-4-5-7-12-3;1-8-2-4-10-6-7-11-5-3-9;3*1-2;2-1-3/h18H,2-17,19-22H2,1H3,(H,25,28)(H,26,29);8-9,12H,4-7,11H2,1-3H3;3,8H,2,4-7H2,1H3;3*1-2H3;1H,(H,2,3). The number of rotatable bonds is 39. The second-order valence-electron chi connectivity index (χ2n) is 13.8. The summed E-state index contributed by atoms with van der Waals surface area (Å²) in [4.78, 5) is 63.1. The molecule has 0 saturated carbocycles. The van der Waals surface area contributed by atoms with Crippen molar-refractivity contribution in [3.8, 4) is 0 Å². The van der Waals surface area contributed by atoms with Crippen LogP contribution in [0.1, 0.15) is 171 Å². The highest BCUT2D eigenvalue weighted by atomic mass is 16.5. The number of nitrogens with two attached hydrogens (primary N) is 1. The summed E-state index contributed by atoms with van der Waals surface area (Å²) in [5.41, 5.74) is 5.73. The van der Waals surface area contributed by atoms with Crippen LogP contribution < -0.4 is 27.0 Å². The second kappa shape index (κ2) is 77.4. The topological polar surface area (TPSA) is 234 Å². The summed E-state index contributed by atoms with van der Waals surface area (Å²) in [6.45, 7) is 23.8. The summed E-state index contributed by atoms with van der Waals surface area (Å²) >= 11 is 0. The Morgan fingerprint density at radius 2 is 0.922 bits per heavy atom. The fourth-order valence-electron chi connectivity index (χ4n) is 4.98. The molecule has 0 aromatic rings. The number of hydrogen-bond acceptors (Lipinski definition) is 13. The summed E-state index contributed by atoms with van der Waals surface area (Å²) < 4.78 is 20.2. The Morgan fingerprint density at radius 1 is 0.531 bits per heavy atom. The number of carbonyl (C=O) groups excluding carboxylic acids is 5. The molecule has 0 bridgehead atoms. The molecule has 386 valence electrons. The van der Waals surface area contributed by atoms with Gasteiger partial charge in [0.2, 0.25) is 11.8 Å². The van der Waals surface area contributed by atoms with Crippen molar-refractivity contribution in [1.29, 1.82) is 0 Å². The molecule has 0 heterocycles. The molecule has 1 unspecified atom stereocenters. The third kappa shape index (κ3) is 82.8. The lowest BCUT2D eigenvalue weighted by Gasteiger charge is -2.12. The molecule has 0 aromatic carbocycles. The molecule has 0 aliphatic heterocycles. The van der Waals surface area contributed by atoms with Gasteiger partial charge in [-0.1, -0.05) is 133 Å². The van der Waals surface area contributed by atoms with Crippen molar-refractivity contribution < 1.29 is 52.8 Å². The molecule has 64 heavy (non-hydrogen) atoms. The Labute approximate surface area is 392 Å². The summed E-state index contributed by atoms with van der Waals surface area (Å²) in [5.74, 6) is 0.297. The number of hydrogen-bond donors (Lipinski definition) is 6. The van der Waals surface area contributed by atoms with Gasteiger partial charge in [0.05, 0.1) is 45.7 Å². The lowest BCUT2D eigenvalue weighted by Crippen LogP contribution is -2.33. The Kier molecular flexibility index (Phi) is 91.2. The van der Waals surface area contributed by atoms with Gasteiger partial charge in [-0.25, -0.2) is 0 Å². The fraction of sp³-hybridized carbons (Fsp3) is 0.875. The molecule has 16 nitrogen and oxygen atoms in total. The number of carbonyl (C=O) groups is 6. The molecule has 1 atom stereocenters. The number of aldehydes is 2. The average molecular weight is 926 g/mol. The van der Waals surface area contributed by atoms with E-state index in [-0.39, 0.29) is 49.2 Å². The van der Waals surface area contributed by atoms with E-state index in [1.807, 2.05) is 69.5 Å². The van der Waals surface area contributed by atoms with Crippen molar-refractivity contribution in [2.24, 2.45) is 11.7 Å². The van der Waals surface area contributed by atoms with E-state index < -0.39 is 0 Å². The van der Waals surface area contributed by atoms with E-state index in [0.717, 1.165) is 51.5 Å². The van der Waals surface area contributed by atoms with Gasteiger partial charge in [0.1, 0.15) is 25.8 Å². The number of ether oxygens (including phenoxy) is 4. The predicted molar refractivity (Wildman–Crippen MR) is 264 cm³/mol. The fourth-order valence-corrected chi connectivity index (χ4v) is 4.98. The Balaban J connectivity index is -0.000000161. The number of Topliss-reactive ketones (excluding diaryl/α,β-unsaturated/α-hetero) is 1. The van der Waals surface area contributed by atoms with Crippen molar-refractivity contribution >= 4 is 36.6 Å². The average Bonchev–Trinajstić information content (AvgIpc) is 3.31. The van der Waals surface area contributed by atoms with Crippen LogP contribution >= 0.6 is 0 Å². The lowest BCUT2D eigenvalue weighted by atomic mass is 9.98. The summed E-state index contributed by atoms with van der Waals surface area (Å²) in [6, 6.07) is -0.253. The quantitative estimate of drug-likeness (QED) is 0.0267. The number of ketones is 1. The van der Waals surface area contributed by atoms with E-state index in [4.69, 9.17) is 34.6 Å². The van der Waals surface area contributed by atoms with Crippen LogP contribution in [0.4, 0.5) is 0 Å². The van der Waals surface area contributed by atoms with Crippen molar-refractivity contribution in [2.45, 2.75) is 178 Å². The van der Waals surface area contributed by atoms with Crippen LogP contribution in [0.2, 0.25) is 0 Å². The molecule has 0 rings (SSSR count). The van der Waals surface area contributed by atoms with Crippen LogP contribution in [-0.4, -0.2) is 141 Å². The maximum absolute atomic E-state index is 11.8. The minimum atomic E-state index is -0.253. The Morgan fingerprint density at radius 3 is 1.34 bits per heavy atom. The van der Waals surface area contributed by atoms with E-state index in [0.29, 0.717) is 78.3 Å². The monoisotopic (exact) mass is 926 g/mol. The normalized spacial score (nSPS) is 10.1. The van der Waals surface area contributed by atoms with Gasteiger partial charge in [0.25, 0.3) is 6.47 Å². The predicted octanol–water partition coefficient (Wildman–Crippen LogP) is 7.08. The SMILES string of the molecule is CC.CC.CC.CCCCCCCCCCCCCC(=O)NCCCC(=O)NCCOCCOCC=O.CNCCCCC(N)C(=O)C(C)C.CNCCOCCOCC=O.O=CO. The molecule has 2 amide bonds. The first-order chi connectivity index (χ1) is 31.1. The van der Waals surface area contributed by atoms with Crippen LogP contribution in [0.15, 0.2) is 0 Å². The molecule has 0 fully saturated rings. The zero-order valence-electron chi connectivity index (χ0n) is 43.0. The molecule has 0 spiro atoms. The van der Waals surface area contributed by atoms with Crippen molar-refractivity contribution in [2.75, 3.05) is 93.1 Å². The van der Waals surface area contributed by atoms with Crippen LogP contribution in [0, 0.1) is 5.92 Å². The van der Waals surface area contributed by atoms with Crippen LogP contribution in [-0.2, 0) is 47.7 Å². The Hall–Kier alpha value is -2.86. The molecule has 16 heteroatoms. The number of nitrogens with one attached hydrogen (secondary N) is 4. The van der Waals surface area contributed by atoms with Crippen LogP contribution in [0.3, 0.4) is 0 Å². The number of carboxylic acid groups (broad SMARTS) is 1. The number of likely N-dealkylation sites (N-methyl/N-ethyl adjacent to an activating group) is 1. The second-order valence-corrected chi connectivity index (χ2v) is 13.8. The zero-order valence-corrected chi connectivity index (χ0v) is 43.0. The van der Waals surface area contributed by atoms with E-state index >= 15 is 0 Å². The molecule has 0 saturated heterocycles. The van der Waals surface area contributed by atoms with Gasteiger partial charge < -0.3 is 60.6 Å². The van der Waals surface area contributed by atoms with Gasteiger partial charge in [-0.2, -0.15) is 0 Å². The Bertz CT molecular complexity index is 904. The highest BCUT2D eigenvalue weighted by Gasteiger charge is 2.15. The van der Waals surface area contributed by atoms with Gasteiger partial charge in [-0.15, -0.1) is 0 Å². The first kappa shape index (κ1) is 75.4. The summed E-state index contributed by atoms with van der Waals surface area (Å²) in [5, 5.41) is 18.6. The van der Waals surface area contributed by atoms with Gasteiger partial charge >= 0.3 is 0 Å². The summed E-state index contributed by atoms with van der Waals surface area (Å²) in [6.07, 6.45) is 20.0. The lowest BCUT2D eigenvalue weighted by molar-refractivity contribution is -0.123. The van der Waals surface area contributed by atoms with Gasteiger partial charge in [-0.05, 0) is 46.3 Å². The summed E-state index contributed by atoms with van der Waals surface area (Å²) in [7, 11) is 3.80. The molecule has 0 aromatic heterocycles. The largest absolute Gasteiger partial charge is 0.483 e.